The number of nitrogens with one attached hydrogen (secondary N) is 1. The molecule has 2 aromatic carbocycles. The summed E-state index contributed by atoms with van der Waals surface area (Å²) >= 11 is 0. The number of ether oxygens (including phenoxy) is 2. The summed E-state index contributed by atoms with van der Waals surface area (Å²) in [6, 6.07) is 6.47. The van der Waals surface area contributed by atoms with Crippen LogP contribution in [0.15, 0.2) is 36.4 Å². The number of fused-ring (bicyclic) bond motifs is 1. The van der Waals surface area contributed by atoms with Crippen LogP contribution in [0.4, 0.5) is 14.5 Å². The number of imide groups is 1. The van der Waals surface area contributed by atoms with Crippen LogP contribution in [-0.2, 0) is 11.3 Å². The fraction of sp³-hybridized carbons (Fsp3) is 0.250. The average Bonchev–Trinajstić information content (AvgIpc) is 3.01. The van der Waals surface area contributed by atoms with Crippen molar-refractivity contribution in [3.63, 3.8) is 0 Å². The molecule has 0 saturated heterocycles. The minimum absolute atomic E-state index is 0.0257. The molecule has 32 heavy (non-hydrogen) atoms. The highest BCUT2D eigenvalue weighted by Gasteiger charge is 2.44. The number of hydrogen-bond acceptors (Lipinski definition) is 7. The number of nitro benzene ring substituents is 1. The maximum Gasteiger partial charge on any atom is 0.387 e. The second-order valence-corrected chi connectivity index (χ2v) is 6.69. The molecule has 1 aliphatic heterocycles. The van der Waals surface area contributed by atoms with E-state index in [-0.39, 0.29) is 29.2 Å². The Labute approximate surface area is 179 Å². The SMILES string of the molecule is COc1cc(CNC(=O)C(C)N2C(=O)c3cccc([N+](=O)[O-])c3C2=O)ccc1OC(F)F. The maximum atomic E-state index is 12.7. The quantitative estimate of drug-likeness (QED) is 0.373. The van der Waals surface area contributed by atoms with E-state index in [4.69, 9.17) is 4.74 Å². The first-order valence-corrected chi connectivity index (χ1v) is 9.20. The van der Waals surface area contributed by atoms with Crippen molar-refractivity contribution in [3.05, 3.63) is 63.2 Å². The maximum absolute atomic E-state index is 12.7. The van der Waals surface area contributed by atoms with E-state index in [0.717, 1.165) is 6.07 Å². The fourth-order valence-corrected chi connectivity index (χ4v) is 3.26. The molecule has 3 rings (SSSR count). The zero-order chi connectivity index (χ0) is 23.6. The van der Waals surface area contributed by atoms with Gasteiger partial charge in [0.15, 0.2) is 11.5 Å². The van der Waals surface area contributed by atoms with Gasteiger partial charge < -0.3 is 14.8 Å². The van der Waals surface area contributed by atoms with Crippen molar-refractivity contribution < 1.29 is 37.6 Å². The summed E-state index contributed by atoms with van der Waals surface area (Å²) in [6.07, 6.45) is 0. The van der Waals surface area contributed by atoms with Crippen LogP contribution in [0.3, 0.4) is 0 Å². The van der Waals surface area contributed by atoms with E-state index in [0.29, 0.717) is 10.5 Å². The molecule has 0 saturated carbocycles. The van der Waals surface area contributed by atoms with Gasteiger partial charge in [-0.15, -0.1) is 0 Å². The van der Waals surface area contributed by atoms with Crippen molar-refractivity contribution in [1.82, 2.24) is 10.2 Å². The van der Waals surface area contributed by atoms with Crippen LogP contribution in [0, 0.1) is 10.1 Å². The predicted molar refractivity (Wildman–Crippen MR) is 105 cm³/mol. The van der Waals surface area contributed by atoms with Crippen molar-refractivity contribution in [3.8, 4) is 11.5 Å². The van der Waals surface area contributed by atoms with Gasteiger partial charge >= 0.3 is 6.61 Å². The lowest BCUT2D eigenvalue weighted by atomic mass is 10.1. The molecule has 168 valence electrons. The molecular formula is C20H17F2N3O7. The molecule has 1 heterocycles. The third kappa shape index (κ3) is 4.19. The first kappa shape index (κ1) is 22.6. The Bertz CT molecular complexity index is 1110. The Morgan fingerprint density at radius 1 is 1.19 bits per heavy atom. The normalized spacial score (nSPS) is 13.7. The number of rotatable bonds is 8. The summed E-state index contributed by atoms with van der Waals surface area (Å²) in [7, 11) is 1.26. The molecule has 0 fully saturated rings. The second-order valence-electron chi connectivity index (χ2n) is 6.69. The first-order valence-electron chi connectivity index (χ1n) is 9.20. The molecule has 0 spiro atoms. The molecular weight excluding hydrogens is 432 g/mol. The molecule has 1 aliphatic rings. The molecule has 0 radical (unpaired) electrons. The van der Waals surface area contributed by atoms with E-state index in [1.165, 1.54) is 44.4 Å². The second kappa shape index (κ2) is 8.96. The lowest BCUT2D eigenvalue weighted by molar-refractivity contribution is -0.385. The van der Waals surface area contributed by atoms with Crippen LogP contribution in [0.1, 0.15) is 33.2 Å². The van der Waals surface area contributed by atoms with Gasteiger partial charge in [-0.05, 0) is 30.7 Å². The standard InChI is InChI=1S/C20H17F2N3O7/c1-10(24-18(27)12-4-3-5-13(25(29)30)16(12)19(24)28)17(26)23-9-11-6-7-14(32-20(21)22)15(8-11)31-2/h3-8,10,20H,9H2,1-2H3,(H,23,26). The van der Waals surface area contributed by atoms with Gasteiger partial charge in [0.25, 0.3) is 17.5 Å². The minimum Gasteiger partial charge on any atom is -0.493 e. The third-order valence-corrected chi connectivity index (χ3v) is 4.80. The summed E-state index contributed by atoms with van der Waals surface area (Å²) in [6.45, 7) is -1.80. The van der Waals surface area contributed by atoms with Gasteiger partial charge in [0.1, 0.15) is 11.6 Å². The van der Waals surface area contributed by atoms with Crippen LogP contribution in [0.5, 0.6) is 11.5 Å². The van der Waals surface area contributed by atoms with Gasteiger partial charge in [-0.1, -0.05) is 12.1 Å². The van der Waals surface area contributed by atoms with Gasteiger partial charge in [-0.25, -0.2) is 0 Å². The van der Waals surface area contributed by atoms with Gasteiger partial charge in [0, 0.05) is 12.6 Å². The number of nitrogens with zero attached hydrogens (tertiary/aromatic N) is 2. The smallest absolute Gasteiger partial charge is 0.387 e. The lowest BCUT2D eigenvalue weighted by Crippen LogP contribution is -2.47. The summed E-state index contributed by atoms with van der Waals surface area (Å²) in [5.41, 5.74) is -0.555. The first-order chi connectivity index (χ1) is 15.1. The van der Waals surface area contributed by atoms with Crippen molar-refractivity contribution in [2.45, 2.75) is 26.1 Å². The number of alkyl halides is 2. The van der Waals surface area contributed by atoms with Gasteiger partial charge in [0.05, 0.1) is 17.6 Å². The largest absolute Gasteiger partial charge is 0.493 e. The van der Waals surface area contributed by atoms with Gasteiger partial charge in [-0.2, -0.15) is 8.78 Å². The average molecular weight is 449 g/mol. The van der Waals surface area contributed by atoms with Crippen LogP contribution in [0.25, 0.3) is 0 Å². The molecule has 1 unspecified atom stereocenters. The predicted octanol–water partition coefficient (Wildman–Crippen LogP) is 2.51. The molecule has 1 atom stereocenters. The van der Waals surface area contributed by atoms with Crippen molar-refractivity contribution in [1.29, 1.82) is 0 Å². The number of methoxy groups -OCH3 is 1. The highest BCUT2D eigenvalue weighted by molar-refractivity contribution is 6.24. The minimum atomic E-state index is -3.04. The lowest BCUT2D eigenvalue weighted by Gasteiger charge is -2.21. The summed E-state index contributed by atoms with van der Waals surface area (Å²) < 4.78 is 34.2. The molecule has 0 aromatic heterocycles. The molecule has 12 heteroatoms. The number of carbonyl (C=O) groups is 3. The highest BCUT2D eigenvalue weighted by atomic mass is 19.3. The van der Waals surface area contributed by atoms with Crippen LogP contribution in [0.2, 0.25) is 0 Å². The van der Waals surface area contributed by atoms with Gasteiger partial charge in [-0.3, -0.25) is 29.4 Å². The highest BCUT2D eigenvalue weighted by Crippen LogP contribution is 2.32. The Hall–Kier alpha value is -4.09. The molecule has 3 amide bonds. The number of halogens is 2. The van der Waals surface area contributed by atoms with Crippen molar-refractivity contribution in [2.75, 3.05) is 7.11 Å². The summed E-state index contributed by atoms with van der Waals surface area (Å²) in [4.78, 5) is 49.0. The van der Waals surface area contributed by atoms with E-state index in [9.17, 15) is 33.3 Å². The number of nitro groups is 1. The zero-order valence-electron chi connectivity index (χ0n) is 16.8. The van der Waals surface area contributed by atoms with E-state index in [1.54, 1.807) is 0 Å². The Balaban J connectivity index is 1.73. The number of carbonyl (C=O) groups excluding carboxylic acids is 3. The number of hydrogen-bond donors (Lipinski definition) is 1. The monoisotopic (exact) mass is 449 g/mol. The molecule has 0 aliphatic carbocycles. The summed E-state index contributed by atoms with van der Waals surface area (Å²) in [5, 5.41) is 13.7. The zero-order valence-corrected chi connectivity index (χ0v) is 16.8. The Morgan fingerprint density at radius 2 is 1.91 bits per heavy atom. The molecule has 2 aromatic rings. The molecule has 10 nitrogen and oxygen atoms in total. The topological polar surface area (TPSA) is 128 Å². The fourth-order valence-electron chi connectivity index (χ4n) is 3.26. The van der Waals surface area contributed by atoms with Crippen LogP contribution in [-0.4, -0.2) is 47.3 Å². The van der Waals surface area contributed by atoms with Crippen molar-refractivity contribution in [2.24, 2.45) is 0 Å². The number of benzene rings is 2. The van der Waals surface area contributed by atoms with E-state index >= 15 is 0 Å². The third-order valence-electron chi connectivity index (χ3n) is 4.80. The van der Waals surface area contributed by atoms with Crippen molar-refractivity contribution >= 4 is 23.4 Å². The molecule has 0 bridgehead atoms. The Morgan fingerprint density at radius 3 is 2.53 bits per heavy atom. The van der Waals surface area contributed by atoms with E-state index in [2.05, 4.69) is 10.1 Å². The van der Waals surface area contributed by atoms with Crippen LogP contribution >= 0.6 is 0 Å². The van der Waals surface area contributed by atoms with E-state index in [1.807, 2.05) is 0 Å². The van der Waals surface area contributed by atoms with Crippen LogP contribution < -0.4 is 14.8 Å². The van der Waals surface area contributed by atoms with E-state index < -0.39 is 41.0 Å². The van der Waals surface area contributed by atoms with Gasteiger partial charge in [0.2, 0.25) is 5.91 Å². The molecule has 1 N–H and O–H groups in total. The number of amides is 3. The summed E-state index contributed by atoms with van der Waals surface area (Å²) in [5.74, 6) is -2.60. The Kier molecular flexibility index (Phi) is 6.32.